The fourth-order valence-electron chi connectivity index (χ4n) is 3.17. The summed E-state index contributed by atoms with van der Waals surface area (Å²) in [4.78, 5) is 0. The second kappa shape index (κ2) is 7.16. The van der Waals surface area contributed by atoms with Gasteiger partial charge < -0.3 is 0 Å². The van der Waals surface area contributed by atoms with E-state index in [0.29, 0.717) is 11.7 Å². The molecule has 118 valence electrons. The lowest BCUT2D eigenvalue weighted by atomic mass is 9.77. The second-order valence-electron chi connectivity index (χ2n) is 6.26. The molecule has 2 rings (SSSR count). The van der Waals surface area contributed by atoms with E-state index in [1.807, 2.05) is 37.3 Å². The van der Waals surface area contributed by atoms with Crippen LogP contribution < -0.4 is 4.72 Å². The van der Waals surface area contributed by atoms with Crippen molar-refractivity contribution in [2.45, 2.75) is 50.3 Å². The Morgan fingerprint density at radius 2 is 1.81 bits per heavy atom. The molecule has 0 bridgehead atoms. The fourth-order valence-corrected chi connectivity index (χ4v) is 5.27. The molecule has 0 radical (unpaired) electrons. The van der Waals surface area contributed by atoms with Crippen molar-refractivity contribution in [3.8, 4) is 0 Å². The van der Waals surface area contributed by atoms with Gasteiger partial charge in [-0.3, -0.25) is 0 Å². The quantitative estimate of drug-likeness (QED) is 0.787. The van der Waals surface area contributed by atoms with Crippen LogP contribution in [-0.4, -0.2) is 19.7 Å². The molecule has 0 aliphatic heterocycles. The van der Waals surface area contributed by atoms with Gasteiger partial charge in [-0.25, -0.2) is 13.1 Å². The van der Waals surface area contributed by atoms with Crippen LogP contribution in [0.5, 0.6) is 0 Å². The summed E-state index contributed by atoms with van der Waals surface area (Å²) in [5.74, 6) is 0.949. The first-order valence-electron chi connectivity index (χ1n) is 7.62. The molecule has 21 heavy (non-hydrogen) atoms. The number of sulfonamides is 1. The Bertz CT molecular complexity index is 539. The van der Waals surface area contributed by atoms with E-state index in [1.54, 1.807) is 0 Å². The van der Waals surface area contributed by atoms with Gasteiger partial charge in [-0.05, 0) is 31.2 Å². The number of hydrogen-bond donors (Lipinski definition) is 2. The molecule has 1 aromatic carbocycles. The third-order valence-electron chi connectivity index (χ3n) is 4.42. The molecule has 5 heteroatoms. The molecule has 1 atom stereocenters. The van der Waals surface area contributed by atoms with Gasteiger partial charge in [-0.1, -0.05) is 49.6 Å². The molecule has 0 aromatic heterocycles. The highest BCUT2D eigenvalue weighted by Gasteiger charge is 2.37. The first-order chi connectivity index (χ1) is 9.95. The Kier molecular flexibility index (Phi) is 5.74. The molecule has 0 saturated heterocycles. The summed E-state index contributed by atoms with van der Waals surface area (Å²) in [5.41, 5.74) is 0.368. The van der Waals surface area contributed by atoms with Crippen LogP contribution in [0.4, 0.5) is 0 Å². The van der Waals surface area contributed by atoms with Crippen LogP contribution >= 0.6 is 12.6 Å². The molecule has 1 aromatic rings. The highest BCUT2D eigenvalue weighted by Crippen LogP contribution is 2.34. The van der Waals surface area contributed by atoms with E-state index in [9.17, 15) is 8.42 Å². The third-order valence-corrected chi connectivity index (χ3v) is 6.57. The van der Waals surface area contributed by atoms with Crippen LogP contribution in [0, 0.1) is 5.92 Å². The molecule has 3 nitrogen and oxygen atoms in total. The normalized spacial score (nSPS) is 20.1. The maximum absolute atomic E-state index is 12.5. The van der Waals surface area contributed by atoms with Crippen molar-refractivity contribution in [1.82, 2.24) is 4.72 Å². The Balaban J connectivity index is 2.09. The van der Waals surface area contributed by atoms with Crippen molar-refractivity contribution in [3.63, 3.8) is 0 Å². The number of benzene rings is 1. The van der Waals surface area contributed by atoms with Crippen LogP contribution in [0.3, 0.4) is 0 Å². The van der Waals surface area contributed by atoms with E-state index in [0.717, 1.165) is 18.4 Å². The smallest absolute Gasteiger partial charge is 0.212 e. The van der Waals surface area contributed by atoms with E-state index >= 15 is 0 Å². The average Bonchev–Trinajstić information content (AvgIpc) is 2.48. The topological polar surface area (TPSA) is 46.2 Å². The van der Waals surface area contributed by atoms with Crippen molar-refractivity contribution in [3.05, 3.63) is 35.9 Å². The molecular weight excluding hydrogens is 302 g/mol. The minimum absolute atomic E-state index is 0.0317. The number of hydrogen-bond acceptors (Lipinski definition) is 3. The zero-order valence-electron chi connectivity index (χ0n) is 12.6. The van der Waals surface area contributed by atoms with Gasteiger partial charge in [-0.15, -0.1) is 0 Å². The van der Waals surface area contributed by atoms with Crippen molar-refractivity contribution in [2.75, 3.05) is 5.75 Å². The SMILES string of the molecule is C[C@](CS)(NS(=O)(=O)Cc1ccccc1)C1CCCCC1. The number of nitrogens with one attached hydrogen (secondary N) is 1. The Hall–Kier alpha value is -0.520. The second-order valence-corrected chi connectivity index (χ2v) is 8.30. The molecule has 1 saturated carbocycles. The fraction of sp³-hybridized carbons (Fsp3) is 0.625. The Morgan fingerprint density at radius 1 is 1.19 bits per heavy atom. The van der Waals surface area contributed by atoms with Gasteiger partial charge in [-0.2, -0.15) is 12.6 Å². The Morgan fingerprint density at radius 3 is 2.38 bits per heavy atom. The third kappa shape index (κ3) is 4.73. The van der Waals surface area contributed by atoms with Gasteiger partial charge in [0, 0.05) is 11.3 Å². The van der Waals surface area contributed by atoms with Gasteiger partial charge in [0.2, 0.25) is 10.0 Å². The molecule has 0 unspecified atom stereocenters. The predicted molar refractivity (Wildman–Crippen MR) is 91.0 cm³/mol. The van der Waals surface area contributed by atoms with Gasteiger partial charge in [0.15, 0.2) is 0 Å². The minimum Gasteiger partial charge on any atom is -0.212 e. The van der Waals surface area contributed by atoms with E-state index in [1.165, 1.54) is 19.3 Å². The monoisotopic (exact) mass is 327 g/mol. The van der Waals surface area contributed by atoms with Gasteiger partial charge in [0.05, 0.1) is 5.75 Å². The van der Waals surface area contributed by atoms with Crippen LogP contribution in [0.15, 0.2) is 30.3 Å². The number of rotatable bonds is 6. The summed E-state index contributed by atoms with van der Waals surface area (Å²) in [7, 11) is -3.35. The van der Waals surface area contributed by atoms with Gasteiger partial charge >= 0.3 is 0 Å². The summed E-state index contributed by atoms with van der Waals surface area (Å²) < 4.78 is 27.9. The molecule has 0 spiro atoms. The van der Waals surface area contributed by atoms with E-state index in [2.05, 4.69) is 17.4 Å². The Labute approximate surface area is 134 Å². The van der Waals surface area contributed by atoms with Crippen molar-refractivity contribution in [1.29, 1.82) is 0 Å². The standard InChI is InChI=1S/C16H25NO2S2/c1-16(13-20,15-10-6-3-7-11-15)17-21(18,19)12-14-8-4-2-5-9-14/h2,4-5,8-9,15,17,20H,3,6-7,10-13H2,1H3/t16-/m1/s1. The zero-order valence-corrected chi connectivity index (χ0v) is 14.3. The van der Waals surface area contributed by atoms with Crippen LogP contribution in [0.2, 0.25) is 0 Å². The molecule has 1 aliphatic rings. The molecule has 1 N–H and O–H groups in total. The summed E-state index contributed by atoms with van der Waals surface area (Å²) in [6, 6.07) is 9.31. The van der Waals surface area contributed by atoms with Crippen LogP contribution in [-0.2, 0) is 15.8 Å². The molecule has 0 amide bonds. The van der Waals surface area contributed by atoms with Gasteiger partial charge in [0.25, 0.3) is 0 Å². The maximum atomic E-state index is 12.5. The minimum atomic E-state index is -3.35. The van der Waals surface area contributed by atoms with Crippen molar-refractivity contribution < 1.29 is 8.42 Å². The van der Waals surface area contributed by atoms with Crippen LogP contribution in [0.1, 0.15) is 44.6 Å². The summed E-state index contributed by atoms with van der Waals surface area (Å²) >= 11 is 4.42. The average molecular weight is 328 g/mol. The summed E-state index contributed by atoms with van der Waals surface area (Å²) in [6.45, 7) is 2.00. The van der Waals surface area contributed by atoms with Crippen molar-refractivity contribution in [2.24, 2.45) is 5.92 Å². The van der Waals surface area contributed by atoms with Crippen molar-refractivity contribution >= 4 is 22.7 Å². The first kappa shape index (κ1) is 16.8. The lowest BCUT2D eigenvalue weighted by molar-refractivity contribution is 0.226. The van der Waals surface area contributed by atoms with E-state index in [4.69, 9.17) is 0 Å². The lowest BCUT2D eigenvalue weighted by Gasteiger charge is -2.39. The zero-order chi connectivity index (χ0) is 15.3. The predicted octanol–water partition coefficient (Wildman–Crippen LogP) is 3.37. The summed E-state index contributed by atoms with van der Waals surface area (Å²) in [5, 5.41) is 0. The maximum Gasteiger partial charge on any atom is 0.216 e. The highest BCUT2D eigenvalue weighted by atomic mass is 32.2. The highest BCUT2D eigenvalue weighted by molar-refractivity contribution is 7.88. The van der Waals surface area contributed by atoms with E-state index in [-0.39, 0.29) is 5.75 Å². The first-order valence-corrected chi connectivity index (χ1v) is 9.90. The molecular formula is C16H25NO2S2. The largest absolute Gasteiger partial charge is 0.216 e. The molecule has 0 heterocycles. The van der Waals surface area contributed by atoms with Gasteiger partial charge in [0.1, 0.15) is 0 Å². The number of thiol groups is 1. The van der Waals surface area contributed by atoms with E-state index < -0.39 is 15.6 Å². The summed E-state index contributed by atoms with van der Waals surface area (Å²) in [6.07, 6.45) is 5.81. The lowest BCUT2D eigenvalue weighted by Crippen LogP contribution is -2.53. The molecule has 1 fully saturated rings. The molecule has 1 aliphatic carbocycles. The van der Waals surface area contributed by atoms with Crippen LogP contribution in [0.25, 0.3) is 0 Å².